The Morgan fingerprint density at radius 3 is 2.30 bits per heavy atom. The highest BCUT2D eigenvalue weighted by molar-refractivity contribution is 5.70. The van der Waals surface area contributed by atoms with Crippen LogP contribution in [0.25, 0.3) is 0 Å². The molecule has 0 unspecified atom stereocenters. The molecule has 0 spiro atoms. The van der Waals surface area contributed by atoms with E-state index in [-0.39, 0.29) is 13.1 Å². The zero-order valence-electron chi connectivity index (χ0n) is 11.9. The van der Waals surface area contributed by atoms with E-state index in [1.165, 1.54) is 0 Å². The average Bonchev–Trinajstić information content (AvgIpc) is 2.28. The zero-order valence-corrected chi connectivity index (χ0v) is 11.9. The standard InChI is InChI=1S/C14H20N2O4/c1-14(2,3)20-13(19)16-9-15-11-6-4-10(5-7-11)8-12(17)18/h4-7,15H,8-9H2,1-3H3,(H,16,19)(H,17,18). The first-order chi connectivity index (χ1) is 9.26. The molecule has 0 saturated heterocycles. The number of carboxylic acid groups (broad SMARTS) is 1. The van der Waals surface area contributed by atoms with Gasteiger partial charge < -0.3 is 20.5 Å². The smallest absolute Gasteiger partial charge is 0.409 e. The molecule has 1 rings (SSSR count). The van der Waals surface area contributed by atoms with Gasteiger partial charge in [-0.1, -0.05) is 12.1 Å². The molecule has 0 saturated carbocycles. The number of carboxylic acids is 1. The molecule has 110 valence electrons. The normalized spacial score (nSPS) is 10.8. The molecule has 1 aromatic rings. The highest BCUT2D eigenvalue weighted by Gasteiger charge is 2.15. The number of ether oxygens (including phenoxy) is 1. The summed E-state index contributed by atoms with van der Waals surface area (Å²) in [5, 5.41) is 14.2. The van der Waals surface area contributed by atoms with E-state index in [2.05, 4.69) is 10.6 Å². The SMILES string of the molecule is CC(C)(C)OC(=O)NCNc1ccc(CC(=O)O)cc1. The molecule has 0 aliphatic rings. The fourth-order valence-corrected chi connectivity index (χ4v) is 1.45. The van der Waals surface area contributed by atoms with Crippen LogP contribution in [0.1, 0.15) is 26.3 Å². The fraction of sp³-hybridized carbons (Fsp3) is 0.429. The summed E-state index contributed by atoms with van der Waals surface area (Å²) in [4.78, 5) is 21.9. The summed E-state index contributed by atoms with van der Waals surface area (Å²) in [6.07, 6.45) is -0.497. The van der Waals surface area contributed by atoms with Crippen LogP contribution in [-0.2, 0) is 16.0 Å². The molecular formula is C14H20N2O4. The van der Waals surface area contributed by atoms with Crippen LogP contribution in [0.4, 0.5) is 10.5 Å². The molecule has 0 aliphatic carbocycles. The van der Waals surface area contributed by atoms with Crippen molar-refractivity contribution < 1.29 is 19.4 Å². The number of rotatable bonds is 5. The van der Waals surface area contributed by atoms with Crippen LogP contribution in [0.15, 0.2) is 24.3 Å². The molecule has 6 nitrogen and oxygen atoms in total. The van der Waals surface area contributed by atoms with Crippen molar-refractivity contribution >= 4 is 17.7 Å². The molecular weight excluding hydrogens is 260 g/mol. The summed E-state index contributed by atoms with van der Waals surface area (Å²) in [5.74, 6) is -0.864. The van der Waals surface area contributed by atoms with Gasteiger partial charge in [0.05, 0.1) is 13.1 Å². The number of carbonyl (C=O) groups is 2. The van der Waals surface area contributed by atoms with Gasteiger partial charge in [-0.3, -0.25) is 4.79 Å². The lowest BCUT2D eigenvalue weighted by Gasteiger charge is -2.19. The molecule has 0 heterocycles. The third-order valence-electron chi connectivity index (χ3n) is 2.23. The van der Waals surface area contributed by atoms with Crippen molar-refractivity contribution in [3.8, 4) is 0 Å². The fourth-order valence-electron chi connectivity index (χ4n) is 1.45. The number of amides is 1. The van der Waals surface area contributed by atoms with Gasteiger partial charge in [0.15, 0.2) is 0 Å². The number of nitrogens with one attached hydrogen (secondary N) is 2. The van der Waals surface area contributed by atoms with E-state index in [1.54, 1.807) is 45.0 Å². The molecule has 0 radical (unpaired) electrons. The predicted molar refractivity (Wildman–Crippen MR) is 75.6 cm³/mol. The van der Waals surface area contributed by atoms with Crippen molar-refractivity contribution in [2.45, 2.75) is 32.8 Å². The summed E-state index contributed by atoms with van der Waals surface area (Å²) < 4.78 is 5.08. The van der Waals surface area contributed by atoms with Crippen LogP contribution < -0.4 is 10.6 Å². The Bertz CT molecular complexity index is 463. The number of aliphatic carboxylic acids is 1. The minimum atomic E-state index is -0.864. The summed E-state index contributed by atoms with van der Waals surface area (Å²) in [6, 6.07) is 6.97. The van der Waals surface area contributed by atoms with Crippen molar-refractivity contribution in [2.75, 3.05) is 12.0 Å². The van der Waals surface area contributed by atoms with Gasteiger partial charge in [-0.2, -0.15) is 0 Å². The highest BCUT2D eigenvalue weighted by atomic mass is 16.6. The molecule has 1 aromatic carbocycles. The van der Waals surface area contributed by atoms with Crippen LogP contribution >= 0.6 is 0 Å². The van der Waals surface area contributed by atoms with E-state index >= 15 is 0 Å². The maximum atomic E-state index is 11.4. The average molecular weight is 280 g/mol. The molecule has 1 amide bonds. The summed E-state index contributed by atoms with van der Waals surface area (Å²) in [7, 11) is 0. The van der Waals surface area contributed by atoms with Crippen molar-refractivity contribution in [3.63, 3.8) is 0 Å². The van der Waals surface area contributed by atoms with Gasteiger partial charge in [0.25, 0.3) is 0 Å². The second-order valence-corrected chi connectivity index (χ2v) is 5.30. The maximum absolute atomic E-state index is 11.4. The third-order valence-corrected chi connectivity index (χ3v) is 2.23. The quantitative estimate of drug-likeness (QED) is 0.720. The highest BCUT2D eigenvalue weighted by Crippen LogP contribution is 2.10. The zero-order chi connectivity index (χ0) is 15.2. The molecule has 0 aliphatic heterocycles. The number of benzene rings is 1. The Hall–Kier alpha value is -2.24. The number of carbonyl (C=O) groups excluding carboxylic acids is 1. The van der Waals surface area contributed by atoms with Crippen LogP contribution in [-0.4, -0.2) is 29.4 Å². The summed E-state index contributed by atoms with van der Waals surface area (Å²) >= 11 is 0. The summed E-state index contributed by atoms with van der Waals surface area (Å²) in [5.41, 5.74) is 0.987. The molecule has 0 fully saturated rings. The van der Waals surface area contributed by atoms with Crippen molar-refractivity contribution in [3.05, 3.63) is 29.8 Å². The van der Waals surface area contributed by atoms with Gasteiger partial charge in [-0.25, -0.2) is 4.79 Å². The first-order valence-electron chi connectivity index (χ1n) is 6.28. The van der Waals surface area contributed by atoms with E-state index < -0.39 is 17.7 Å². The minimum absolute atomic E-state index is 0.00353. The minimum Gasteiger partial charge on any atom is -0.481 e. The van der Waals surface area contributed by atoms with Gasteiger partial charge in [-0.05, 0) is 38.5 Å². The topological polar surface area (TPSA) is 87.7 Å². The van der Waals surface area contributed by atoms with E-state index in [0.717, 1.165) is 11.3 Å². The lowest BCUT2D eigenvalue weighted by atomic mass is 10.1. The second kappa shape index (κ2) is 6.79. The molecule has 0 aromatic heterocycles. The lowest BCUT2D eigenvalue weighted by Crippen LogP contribution is -2.35. The van der Waals surface area contributed by atoms with Crippen LogP contribution in [0.2, 0.25) is 0 Å². The number of alkyl carbamates (subject to hydrolysis) is 1. The first kappa shape index (κ1) is 15.8. The van der Waals surface area contributed by atoms with Gasteiger partial charge >= 0.3 is 12.1 Å². The Morgan fingerprint density at radius 2 is 1.80 bits per heavy atom. The monoisotopic (exact) mass is 280 g/mol. The Kier molecular flexibility index (Phi) is 5.37. The summed E-state index contributed by atoms with van der Waals surface area (Å²) in [6.45, 7) is 5.61. The second-order valence-electron chi connectivity index (χ2n) is 5.30. The van der Waals surface area contributed by atoms with Gasteiger partial charge in [-0.15, -0.1) is 0 Å². The number of hydrogen-bond donors (Lipinski definition) is 3. The maximum Gasteiger partial charge on any atom is 0.409 e. The molecule has 6 heteroatoms. The van der Waals surface area contributed by atoms with Crippen LogP contribution in [0, 0.1) is 0 Å². The molecule has 3 N–H and O–H groups in total. The van der Waals surface area contributed by atoms with E-state index in [9.17, 15) is 9.59 Å². The Morgan fingerprint density at radius 1 is 1.20 bits per heavy atom. The Balaban J connectivity index is 2.35. The van der Waals surface area contributed by atoms with E-state index in [0.29, 0.717) is 0 Å². The van der Waals surface area contributed by atoms with Crippen LogP contribution in [0.5, 0.6) is 0 Å². The van der Waals surface area contributed by atoms with Gasteiger partial charge in [0.2, 0.25) is 0 Å². The van der Waals surface area contributed by atoms with E-state index in [4.69, 9.17) is 9.84 Å². The third kappa shape index (κ3) is 6.63. The van der Waals surface area contributed by atoms with Gasteiger partial charge in [0.1, 0.15) is 5.60 Å². The molecule has 0 atom stereocenters. The predicted octanol–water partition coefficient (Wildman–Crippen LogP) is 2.21. The largest absolute Gasteiger partial charge is 0.481 e. The number of hydrogen-bond acceptors (Lipinski definition) is 4. The van der Waals surface area contributed by atoms with E-state index in [1.807, 2.05) is 0 Å². The first-order valence-corrected chi connectivity index (χ1v) is 6.28. The lowest BCUT2D eigenvalue weighted by molar-refractivity contribution is -0.136. The number of anilines is 1. The van der Waals surface area contributed by atoms with Crippen molar-refractivity contribution in [1.82, 2.24) is 5.32 Å². The van der Waals surface area contributed by atoms with Crippen LogP contribution in [0.3, 0.4) is 0 Å². The van der Waals surface area contributed by atoms with Crippen molar-refractivity contribution in [1.29, 1.82) is 0 Å². The van der Waals surface area contributed by atoms with Gasteiger partial charge in [0, 0.05) is 5.69 Å². The molecule has 20 heavy (non-hydrogen) atoms. The molecule has 0 bridgehead atoms. The van der Waals surface area contributed by atoms with Crippen molar-refractivity contribution in [2.24, 2.45) is 0 Å². The Labute approximate surface area is 118 Å².